The summed E-state index contributed by atoms with van der Waals surface area (Å²) in [6, 6.07) is 23.6. The molecule has 174 valence electrons. The first-order chi connectivity index (χ1) is 16.6. The molecule has 0 aromatic heterocycles. The lowest BCUT2D eigenvalue weighted by Gasteiger charge is -2.23. The number of hydrogen-bond donors (Lipinski definition) is 3. The predicted molar refractivity (Wildman–Crippen MR) is 130 cm³/mol. The third-order valence-corrected chi connectivity index (χ3v) is 5.74. The molecular weight excluding hydrogens is 430 g/mol. The van der Waals surface area contributed by atoms with E-state index < -0.39 is 6.04 Å². The SMILES string of the molecule is CONC1=CN(C(=O)c2ccc(-c3ccccc3)cc2)[C@H](C(=O)NCCc2ccccc2O)C1. The van der Waals surface area contributed by atoms with E-state index in [4.69, 9.17) is 4.84 Å². The Bertz CT molecular complexity index is 1180. The zero-order valence-electron chi connectivity index (χ0n) is 18.9. The molecule has 0 bridgehead atoms. The van der Waals surface area contributed by atoms with Crippen LogP contribution in [-0.2, 0) is 16.1 Å². The van der Waals surface area contributed by atoms with Crippen LogP contribution in [0.2, 0.25) is 0 Å². The molecule has 7 nitrogen and oxygen atoms in total. The summed E-state index contributed by atoms with van der Waals surface area (Å²) in [6.07, 6.45) is 2.41. The van der Waals surface area contributed by atoms with Crippen molar-refractivity contribution in [2.75, 3.05) is 13.7 Å². The number of phenols is 1. The van der Waals surface area contributed by atoms with E-state index in [1.807, 2.05) is 54.6 Å². The van der Waals surface area contributed by atoms with Gasteiger partial charge in [-0.3, -0.25) is 19.9 Å². The Morgan fingerprint density at radius 1 is 0.971 bits per heavy atom. The highest BCUT2D eigenvalue weighted by atomic mass is 16.6. The van der Waals surface area contributed by atoms with Crippen molar-refractivity contribution in [3.63, 3.8) is 0 Å². The van der Waals surface area contributed by atoms with Crippen LogP contribution in [0, 0.1) is 0 Å². The highest BCUT2D eigenvalue weighted by Crippen LogP contribution is 2.25. The van der Waals surface area contributed by atoms with Gasteiger partial charge in [0.15, 0.2) is 0 Å². The van der Waals surface area contributed by atoms with Gasteiger partial charge >= 0.3 is 0 Å². The Kier molecular flexibility index (Phi) is 7.25. The van der Waals surface area contributed by atoms with Gasteiger partial charge in [0.2, 0.25) is 5.91 Å². The molecule has 0 fully saturated rings. The Hall–Kier alpha value is -4.10. The molecule has 0 saturated heterocycles. The first kappa shape index (κ1) is 23.1. The molecule has 1 heterocycles. The van der Waals surface area contributed by atoms with Crippen LogP contribution in [0.3, 0.4) is 0 Å². The maximum absolute atomic E-state index is 13.3. The van der Waals surface area contributed by atoms with Crippen molar-refractivity contribution in [3.05, 3.63) is 102 Å². The molecule has 0 aliphatic carbocycles. The Morgan fingerprint density at radius 2 is 1.65 bits per heavy atom. The van der Waals surface area contributed by atoms with Crippen LogP contribution in [0.15, 0.2) is 90.8 Å². The molecule has 1 aliphatic heterocycles. The molecule has 3 N–H and O–H groups in total. The lowest BCUT2D eigenvalue weighted by Crippen LogP contribution is -2.45. The van der Waals surface area contributed by atoms with E-state index in [-0.39, 0.29) is 17.6 Å². The van der Waals surface area contributed by atoms with Crippen LogP contribution in [0.25, 0.3) is 11.1 Å². The van der Waals surface area contributed by atoms with Gasteiger partial charge in [0.1, 0.15) is 11.8 Å². The van der Waals surface area contributed by atoms with Gasteiger partial charge in [-0.2, -0.15) is 0 Å². The molecule has 2 amide bonds. The van der Waals surface area contributed by atoms with E-state index >= 15 is 0 Å². The molecule has 4 rings (SSSR count). The minimum Gasteiger partial charge on any atom is -0.508 e. The fourth-order valence-electron chi connectivity index (χ4n) is 3.98. The Balaban J connectivity index is 1.45. The summed E-state index contributed by atoms with van der Waals surface area (Å²) in [7, 11) is 1.48. The summed E-state index contributed by atoms with van der Waals surface area (Å²) in [5, 5.41) is 12.8. The zero-order chi connectivity index (χ0) is 23.9. The molecule has 0 radical (unpaired) electrons. The van der Waals surface area contributed by atoms with Crippen LogP contribution >= 0.6 is 0 Å². The molecule has 7 heteroatoms. The molecular formula is C27H27N3O4. The largest absolute Gasteiger partial charge is 0.508 e. The lowest BCUT2D eigenvalue weighted by molar-refractivity contribution is -0.124. The van der Waals surface area contributed by atoms with Crippen molar-refractivity contribution >= 4 is 11.8 Å². The summed E-state index contributed by atoms with van der Waals surface area (Å²) >= 11 is 0. The Labute approximate surface area is 198 Å². The number of hydrogen-bond acceptors (Lipinski definition) is 5. The number of phenolic OH excluding ortho intramolecular Hbond substituents is 1. The van der Waals surface area contributed by atoms with Crippen molar-refractivity contribution in [2.24, 2.45) is 0 Å². The van der Waals surface area contributed by atoms with Gasteiger partial charge in [0.25, 0.3) is 5.91 Å². The number of carbonyl (C=O) groups excluding carboxylic acids is 2. The van der Waals surface area contributed by atoms with Gasteiger partial charge in [-0.15, -0.1) is 0 Å². The third-order valence-electron chi connectivity index (χ3n) is 5.74. The van der Waals surface area contributed by atoms with Gasteiger partial charge in [-0.05, 0) is 41.3 Å². The topological polar surface area (TPSA) is 90.9 Å². The van der Waals surface area contributed by atoms with E-state index in [1.165, 1.54) is 12.0 Å². The molecule has 1 atom stereocenters. The number of nitrogens with one attached hydrogen (secondary N) is 2. The summed E-state index contributed by atoms with van der Waals surface area (Å²) < 4.78 is 0. The Morgan fingerprint density at radius 3 is 2.35 bits per heavy atom. The first-order valence-corrected chi connectivity index (χ1v) is 11.1. The highest BCUT2D eigenvalue weighted by molar-refractivity contribution is 5.99. The molecule has 0 unspecified atom stereocenters. The monoisotopic (exact) mass is 457 g/mol. The van der Waals surface area contributed by atoms with Crippen LogP contribution in [0.1, 0.15) is 22.3 Å². The van der Waals surface area contributed by atoms with Crippen molar-refractivity contribution in [1.29, 1.82) is 0 Å². The van der Waals surface area contributed by atoms with Gasteiger partial charge in [-0.1, -0.05) is 60.7 Å². The molecule has 3 aromatic carbocycles. The minimum atomic E-state index is -0.705. The second kappa shape index (κ2) is 10.7. The second-order valence-corrected chi connectivity index (χ2v) is 8.01. The summed E-state index contributed by atoms with van der Waals surface area (Å²) in [4.78, 5) is 32.7. The molecule has 0 saturated carbocycles. The third kappa shape index (κ3) is 5.27. The fourth-order valence-corrected chi connectivity index (χ4v) is 3.98. The zero-order valence-corrected chi connectivity index (χ0v) is 18.9. The van der Waals surface area contributed by atoms with Crippen molar-refractivity contribution in [3.8, 4) is 16.9 Å². The van der Waals surface area contributed by atoms with E-state index in [1.54, 1.807) is 30.5 Å². The van der Waals surface area contributed by atoms with Crippen molar-refractivity contribution in [1.82, 2.24) is 15.7 Å². The number of rotatable bonds is 8. The number of para-hydroxylation sites is 1. The van der Waals surface area contributed by atoms with Gasteiger partial charge in [0, 0.05) is 24.7 Å². The number of amides is 2. The van der Waals surface area contributed by atoms with Crippen molar-refractivity contribution < 1.29 is 19.5 Å². The van der Waals surface area contributed by atoms with Gasteiger partial charge in [-0.25, -0.2) is 0 Å². The average molecular weight is 458 g/mol. The molecule has 3 aromatic rings. The summed E-state index contributed by atoms with van der Waals surface area (Å²) in [6.45, 7) is 0.341. The number of benzene rings is 3. The number of hydroxylamine groups is 1. The number of aromatic hydroxyl groups is 1. The molecule has 34 heavy (non-hydrogen) atoms. The first-order valence-electron chi connectivity index (χ1n) is 11.1. The standard InChI is InChI=1S/C27H27N3O4/c1-34-29-23-17-24(26(32)28-16-15-21-9-5-6-10-25(21)31)30(18-23)27(33)22-13-11-20(12-14-22)19-7-3-2-4-8-19/h2-14,18,24,29,31H,15-17H2,1H3,(H,28,32)/t24-/m0/s1. The fraction of sp³-hybridized carbons (Fsp3) is 0.185. The van der Waals surface area contributed by atoms with Crippen LogP contribution in [0.5, 0.6) is 5.75 Å². The highest BCUT2D eigenvalue weighted by Gasteiger charge is 2.35. The molecule has 0 spiro atoms. The smallest absolute Gasteiger partial charge is 0.258 e. The maximum atomic E-state index is 13.3. The van der Waals surface area contributed by atoms with Gasteiger partial charge < -0.3 is 15.3 Å². The molecule has 1 aliphatic rings. The minimum absolute atomic E-state index is 0.196. The van der Waals surface area contributed by atoms with E-state index in [0.717, 1.165) is 16.7 Å². The van der Waals surface area contributed by atoms with E-state index in [9.17, 15) is 14.7 Å². The lowest BCUT2D eigenvalue weighted by atomic mass is 10.0. The average Bonchev–Trinajstić information content (AvgIpc) is 3.29. The maximum Gasteiger partial charge on any atom is 0.258 e. The summed E-state index contributed by atoms with van der Waals surface area (Å²) in [5.41, 5.74) is 6.69. The number of carbonyl (C=O) groups is 2. The normalized spacial score (nSPS) is 15.0. The van der Waals surface area contributed by atoms with Crippen LogP contribution in [-0.4, -0.2) is 41.5 Å². The van der Waals surface area contributed by atoms with Crippen LogP contribution < -0.4 is 10.8 Å². The van der Waals surface area contributed by atoms with E-state index in [0.29, 0.717) is 30.6 Å². The van der Waals surface area contributed by atoms with Crippen molar-refractivity contribution in [2.45, 2.75) is 18.9 Å². The predicted octanol–water partition coefficient (Wildman–Crippen LogP) is 3.63. The quantitative estimate of drug-likeness (QED) is 0.450. The number of nitrogens with zero attached hydrogens (tertiary/aromatic N) is 1. The van der Waals surface area contributed by atoms with E-state index in [2.05, 4.69) is 10.8 Å². The van der Waals surface area contributed by atoms with Gasteiger partial charge in [0.05, 0.1) is 12.8 Å². The summed E-state index contributed by atoms with van der Waals surface area (Å²) in [5.74, 6) is -0.344. The van der Waals surface area contributed by atoms with Crippen LogP contribution in [0.4, 0.5) is 0 Å². The second-order valence-electron chi connectivity index (χ2n) is 8.01.